The van der Waals surface area contributed by atoms with Crippen LogP contribution in [0, 0.1) is 20.8 Å². The number of β-amino-alcohol motifs (C(OH)–C–C–N with tert-alkyl or cyclic N) is 1. The van der Waals surface area contributed by atoms with Crippen molar-refractivity contribution >= 4 is 5.91 Å². The van der Waals surface area contributed by atoms with Crippen LogP contribution in [0.1, 0.15) is 27.0 Å². The first-order valence-corrected chi connectivity index (χ1v) is 6.26. The first-order valence-electron chi connectivity index (χ1n) is 6.26. The summed E-state index contributed by atoms with van der Waals surface area (Å²) >= 11 is 0. The van der Waals surface area contributed by atoms with E-state index in [1.807, 2.05) is 32.9 Å². The van der Waals surface area contributed by atoms with Gasteiger partial charge in [0.05, 0.1) is 12.1 Å². The zero-order valence-corrected chi connectivity index (χ0v) is 11.1. The van der Waals surface area contributed by atoms with Crippen LogP contribution in [-0.4, -0.2) is 36.2 Å². The predicted molar refractivity (Wildman–Crippen MR) is 70.8 cm³/mol. The molecule has 98 valence electrons. The molecule has 0 radical (unpaired) electrons. The van der Waals surface area contributed by atoms with Gasteiger partial charge in [-0.1, -0.05) is 6.07 Å². The highest BCUT2D eigenvalue weighted by Crippen LogP contribution is 2.15. The van der Waals surface area contributed by atoms with Gasteiger partial charge in [0, 0.05) is 18.7 Å². The summed E-state index contributed by atoms with van der Waals surface area (Å²) in [6.07, 6.45) is -0.499. The molecule has 3 N–H and O–H groups in total. The second kappa shape index (κ2) is 5.08. The summed E-state index contributed by atoms with van der Waals surface area (Å²) in [4.78, 5) is 12.2. The largest absolute Gasteiger partial charge is 0.390 e. The second-order valence-corrected chi connectivity index (χ2v) is 5.06. The van der Waals surface area contributed by atoms with Gasteiger partial charge in [0.25, 0.3) is 5.91 Å². The van der Waals surface area contributed by atoms with E-state index < -0.39 is 6.10 Å². The summed E-state index contributed by atoms with van der Waals surface area (Å²) in [5, 5.41) is 15.6. The summed E-state index contributed by atoms with van der Waals surface area (Å²) < 4.78 is 0. The molecule has 1 amide bonds. The van der Waals surface area contributed by atoms with Crippen molar-refractivity contribution in [2.45, 2.75) is 32.9 Å². The van der Waals surface area contributed by atoms with Crippen molar-refractivity contribution in [1.82, 2.24) is 10.6 Å². The lowest BCUT2D eigenvalue weighted by Gasteiger charge is -2.17. The average molecular weight is 248 g/mol. The maximum atomic E-state index is 12.2. The molecule has 18 heavy (non-hydrogen) atoms. The van der Waals surface area contributed by atoms with Crippen LogP contribution in [-0.2, 0) is 0 Å². The number of aryl methyl sites for hydroxylation is 3. The third-order valence-electron chi connectivity index (χ3n) is 3.58. The van der Waals surface area contributed by atoms with Crippen LogP contribution in [0.2, 0.25) is 0 Å². The number of carbonyl (C=O) groups excluding carboxylic acids is 1. The highest BCUT2D eigenvalue weighted by molar-refractivity contribution is 5.96. The Kier molecular flexibility index (Phi) is 3.68. The van der Waals surface area contributed by atoms with E-state index in [1.54, 1.807) is 0 Å². The first-order chi connectivity index (χ1) is 8.49. The van der Waals surface area contributed by atoms with Gasteiger partial charge in [0.2, 0.25) is 0 Å². The van der Waals surface area contributed by atoms with Crippen molar-refractivity contribution in [2.24, 2.45) is 0 Å². The minimum absolute atomic E-state index is 0.108. The van der Waals surface area contributed by atoms with E-state index in [-0.39, 0.29) is 11.9 Å². The number of carbonyl (C=O) groups is 1. The Hall–Kier alpha value is -1.39. The summed E-state index contributed by atoms with van der Waals surface area (Å²) in [6, 6.07) is 3.74. The quantitative estimate of drug-likeness (QED) is 0.721. The van der Waals surface area contributed by atoms with Gasteiger partial charge in [0.1, 0.15) is 0 Å². The molecule has 4 heteroatoms. The van der Waals surface area contributed by atoms with Gasteiger partial charge in [-0.2, -0.15) is 0 Å². The molecule has 1 aromatic rings. The highest BCUT2D eigenvalue weighted by Gasteiger charge is 2.26. The molecule has 0 aliphatic carbocycles. The number of hydrogen-bond donors (Lipinski definition) is 3. The molecule has 0 aromatic heterocycles. The molecule has 2 rings (SSSR count). The smallest absolute Gasteiger partial charge is 0.251 e. The SMILES string of the molecule is Cc1cc(C)c(C(=O)N[C@@H]2CNC[C@H]2O)cc1C. The summed E-state index contributed by atoms with van der Waals surface area (Å²) in [5.41, 5.74) is 3.95. The van der Waals surface area contributed by atoms with Crippen LogP contribution in [0.4, 0.5) is 0 Å². The van der Waals surface area contributed by atoms with Gasteiger partial charge in [0.15, 0.2) is 0 Å². The van der Waals surface area contributed by atoms with Crippen LogP contribution in [0.3, 0.4) is 0 Å². The maximum Gasteiger partial charge on any atom is 0.251 e. The Morgan fingerprint density at radius 2 is 1.89 bits per heavy atom. The third kappa shape index (κ3) is 2.54. The number of benzene rings is 1. The summed E-state index contributed by atoms with van der Waals surface area (Å²) in [6.45, 7) is 7.13. The number of aliphatic hydroxyl groups excluding tert-OH is 1. The fourth-order valence-electron chi connectivity index (χ4n) is 2.26. The molecule has 1 saturated heterocycles. The molecule has 1 aliphatic rings. The van der Waals surface area contributed by atoms with E-state index in [0.717, 1.165) is 11.1 Å². The molecular formula is C14H20N2O2. The van der Waals surface area contributed by atoms with Gasteiger partial charge in [-0.15, -0.1) is 0 Å². The Bertz CT molecular complexity index is 471. The lowest BCUT2D eigenvalue weighted by molar-refractivity contribution is 0.0888. The van der Waals surface area contributed by atoms with Crippen molar-refractivity contribution in [3.8, 4) is 0 Å². The van der Waals surface area contributed by atoms with Crippen LogP contribution in [0.15, 0.2) is 12.1 Å². The van der Waals surface area contributed by atoms with E-state index >= 15 is 0 Å². The third-order valence-corrected chi connectivity index (χ3v) is 3.58. The molecule has 1 aromatic carbocycles. The Balaban J connectivity index is 2.16. The predicted octanol–water partition coefficient (Wildman–Crippen LogP) is 0.674. The Labute approximate surface area is 107 Å². The zero-order chi connectivity index (χ0) is 13.3. The second-order valence-electron chi connectivity index (χ2n) is 5.06. The Morgan fingerprint density at radius 3 is 2.50 bits per heavy atom. The fourth-order valence-corrected chi connectivity index (χ4v) is 2.26. The topological polar surface area (TPSA) is 61.4 Å². The molecule has 1 fully saturated rings. The maximum absolute atomic E-state index is 12.2. The molecule has 4 nitrogen and oxygen atoms in total. The number of nitrogens with one attached hydrogen (secondary N) is 2. The molecule has 2 atom stereocenters. The number of aliphatic hydroxyl groups is 1. The van der Waals surface area contributed by atoms with Gasteiger partial charge in [-0.3, -0.25) is 4.79 Å². The molecule has 0 unspecified atom stereocenters. The first kappa shape index (κ1) is 13.1. The molecule has 0 spiro atoms. The van der Waals surface area contributed by atoms with Crippen LogP contribution in [0.25, 0.3) is 0 Å². The lowest BCUT2D eigenvalue weighted by Crippen LogP contribution is -2.43. The van der Waals surface area contributed by atoms with Crippen molar-refractivity contribution < 1.29 is 9.90 Å². The molecular weight excluding hydrogens is 228 g/mol. The van der Waals surface area contributed by atoms with E-state index in [4.69, 9.17) is 0 Å². The van der Waals surface area contributed by atoms with Gasteiger partial charge in [-0.05, 0) is 43.5 Å². The van der Waals surface area contributed by atoms with Crippen LogP contribution >= 0.6 is 0 Å². The monoisotopic (exact) mass is 248 g/mol. The van der Waals surface area contributed by atoms with Crippen LogP contribution < -0.4 is 10.6 Å². The Morgan fingerprint density at radius 1 is 1.22 bits per heavy atom. The normalized spacial score (nSPS) is 23.1. The summed E-state index contributed by atoms with van der Waals surface area (Å²) in [5.74, 6) is -0.108. The van der Waals surface area contributed by atoms with Crippen molar-refractivity contribution in [3.63, 3.8) is 0 Å². The standard InChI is InChI=1S/C14H20N2O2/c1-8-4-10(3)11(5-9(8)2)14(18)16-12-6-15-7-13(12)17/h4-5,12-13,15,17H,6-7H2,1-3H3,(H,16,18)/t12-,13-/m1/s1. The van der Waals surface area contributed by atoms with Crippen molar-refractivity contribution in [1.29, 1.82) is 0 Å². The molecule has 1 aliphatic heterocycles. The van der Waals surface area contributed by atoms with E-state index in [0.29, 0.717) is 18.7 Å². The van der Waals surface area contributed by atoms with E-state index in [1.165, 1.54) is 5.56 Å². The highest BCUT2D eigenvalue weighted by atomic mass is 16.3. The lowest BCUT2D eigenvalue weighted by atomic mass is 10.00. The number of amides is 1. The summed E-state index contributed by atoms with van der Waals surface area (Å²) in [7, 11) is 0. The minimum atomic E-state index is -0.499. The van der Waals surface area contributed by atoms with Gasteiger partial charge < -0.3 is 15.7 Å². The average Bonchev–Trinajstić information content (AvgIpc) is 2.69. The van der Waals surface area contributed by atoms with Crippen molar-refractivity contribution in [2.75, 3.05) is 13.1 Å². The molecule has 0 bridgehead atoms. The minimum Gasteiger partial charge on any atom is -0.390 e. The van der Waals surface area contributed by atoms with E-state index in [2.05, 4.69) is 10.6 Å². The number of rotatable bonds is 2. The molecule has 0 saturated carbocycles. The van der Waals surface area contributed by atoms with E-state index in [9.17, 15) is 9.90 Å². The van der Waals surface area contributed by atoms with Crippen LogP contribution in [0.5, 0.6) is 0 Å². The van der Waals surface area contributed by atoms with Gasteiger partial charge >= 0.3 is 0 Å². The van der Waals surface area contributed by atoms with Gasteiger partial charge in [-0.25, -0.2) is 0 Å². The number of hydrogen-bond acceptors (Lipinski definition) is 3. The fraction of sp³-hybridized carbons (Fsp3) is 0.500. The molecule has 1 heterocycles. The van der Waals surface area contributed by atoms with Crippen molar-refractivity contribution in [3.05, 3.63) is 34.4 Å². The zero-order valence-electron chi connectivity index (χ0n) is 11.1.